The Hall–Kier alpha value is -2.69. The molecule has 1 N–H and O–H groups in total. The van der Waals surface area contributed by atoms with Crippen molar-refractivity contribution in [2.24, 2.45) is 0 Å². The van der Waals surface area contributed by atoms with E-state index in [2.05, 4.69) is 22.2 Å². The second kappa shape index (κ2) is 11.4. The number of carbonyl (C=O) groups excluding carboxylic acids is 1. The molecule has 8 nitrogen and oxygen atoms in total. The summed E-state index contributed by atoms with van der Waals surface area (Å²) >= 11 is 0. The van der Waals surface area contributed by atoms with Gasteiger partial charge in [-0.05, 0) is 68.5 Å². The number of likely N-dealkylation sites (N-methyl/N-ethyl adjacent to an activating group) is 1. The molecule has 1 heterocycles. The molecule has 180 valence electrons. The number of rotatable bonds is 10. The van der Waals surface area contributed by atoms with Crippen LogP contribution in [-0.2, 0) is 14.8 Å². The fourth-order valence-electron chi connectivity index (χ4n) is 3.59. The van der Waals surface area contributed by atoms with Crippen LogP contribution in [0.1, 0.15) is 6.42 Å². The van der Waals surface area contributed by atoms with Gasteiger partial charge in [-0.3, -0.25) is 9.10 Å². The van der Waals surface area contributed by atoms with Crippen LogP contribution in [0.4, 0.5) is 10.1 Å². The highest BCUT2D eigenvalue weighted by Crippen LogP contribution is 2.25. The van der Waals surface area contributed by atoms with Gasteiger partial charge in [-0.1, -0.05) is 0 Å². The van der Waals surface area contributed by atoms with Crippen LogP contribution in [0.5, 0.6) is 5.75 Å². The second-order valence-corrected chi connectivity index (χ2v) is 9.87. The lowest BCUT2D eigenvalue weighted by molar-refractivity contribution is -0.119. The maximum Gasteiger partial charge on any atom is 0.264 e. The molecule has 0 bridgehead atoms. The number of benzene rings is 2. The molecule has 0 spiro atoms. The molecular formula is C23H31FN4O4S. The minimum atomic E-state index is -4.06. The zero-order valence-electron chi connectivity index (χ0n) is 19.0. The summed E-state index contributed by atoms with van der Waals surface area (Å²) in [5, 5.41) is 2.81. The smallest absolute Gasteiger partial charge is 0.264 e. The van der Waals surface area contributed by atoms with E-state index in [-0.39, 0.29) is 10.6 Å². The molecule has 0 aliphatic carbocycles. The van der Waals surface area contributed by atoms with Crippen LogP contribution in [0, 0.1) is 5.82 Å². The first-order valence-electron chi connectivity index (χ1n) is 10.9. The standard InChI is InChI=1S/C23H31FN4O4S/c1-26-14-16-27(17-15-26)13-3-12-25-23(29)18-28(20-6-4-19(24)5-7-20)33(30,31)22-10-8-21(32-2)9-11-22/h4-11H,3,12-18H2,1-2H3,(H,25,29). The van der Waals surface area contributed by atoms with Gasteiger partial charge in [0.05, 0.1) is 17.7 Å². The molecule has 10 heteroatoms. The summed E-state index contributed by atoms with van der Waals surface area (Å²) in [6, 6.07) is 10.9. The molecule has 0 saturated carbocycles. The highest BCUT2D eigenvalue weighted by atomic mass is 32.2. The van der Waals surface area contributed by atoms with E-state index in [0.29, 0.717) is 12.3 Å². The average molecular weight is 479 g/mol. The number of amides is 1. The van der Waals surface area contributed by atoms with Crippen LogP contribution in [0.25, 0.3) is 0 Å². The predicted molar refractivity (Wildman–Crippen MR) is 125 cm³/mol. The minimum absolute atomic E-state index is 0.00971. The third kappa shape index (κ3) is 6.89. The number of nitrogens with one attached hydrogen (secondary N) is 1. The third-order valence-corrected chi connectivity index (χ3v) is 7.41. The van der Waals surface area contributed by atoms with E-state index in [1.807, 2.05) is 0 Å². The SMILES string of the molecule is COc1ccc(S(=O)(=O)N(CC(=O)NCCCN2CCN(C)CC2)c2ccc(F)cc2)cc1. The minimum Gasteiger partial charge on any atom is -0.497 e. The Balaban J connectivity index is 1.65. The van der Waals surface area contributed by atoms with Gasteiger partial charge in [0.25, 0.3) is 10.0 Å². The predicted octanol–water partition coefficient (Wildman–Crippen LogP) is 1.78. The highest BCUT2D eigenvalue weighted by Gasteiger charge is 2.27. The van der Waals surface area contributed by atoms with Crippen molar-refractivity contribution in [2.45, 2.75) is 11.3 Å². The molecule has 1 aliphatic heterocycles. The van der Waals surface area contributed by atoms with Gasteiger partial charge >= 0.3 is 0 Å². The van der Waals surface area contributed by atoms with Crippen LogP contribution >= 0.6 is 0 Å². The van der Waals surface area contributed by atoms with Gasteiger partial charge in [0.1, 0.15) is 18.1 Å². The summed E-state index contributed by atoms with van der Waals surface area (Å²) in [5.74, 6) is -0.399. The fourth-order valence-corrected chi connectivity index (χ4v) is 5.01. The van der Waals surface area contributed by atoms with E-state index < -0.39 is 28.3 Å². The summed E-state index contributed by atoms with van der Waals surface area (Å²) in [7, 11) is -0.468. The first-order chi connectivity index (χ1) is 15.8. The quantitative estimate of drug-likeness (QED) is 0.525. The number of anilines is 1. The van der Waals surface area contributed by atoms with E-state index in [4.69, 9.17) is 4.74 Å². The summed E-state index contributed by atoms with van der Waals surface area (Å²) in [6.07, 6.45) is 0.775. The van der Waals surface area contributed by atoms with Crippen LogP contribution in [0.15, 0.2) is 53.4 Å². The van der Waals surface area contributed by atoms with E-state index in [0.717, 1.165) is 43.4 Å². The Kier molecular flexibility index (Phi) is 8.65. The lowest BCUT2D eigenvalue weighted by Gasteiger charge is -2.32. The van der Waals surface area contributed by atoms with Crippen LogP contribution in [0.2, 0.25) is 0 Å². The largest absolute Gasteiger partial charge is 0.497 e. The molecule has 2 aromatic carbocycles. The van der Waals surface area contributed by atoms with Crippen molar-refractivity contribution in [3.63, 3.8) is 0 Å². The van der Waals surface area contributed by atoms with Gasteiger partial charge in [-0.2, -0.15) is 0 Å². The number of hydrogen-bond acceptors (Lipinski definition) is 6. The monoisotopic (exact) mass is 478 g/mol. The number of nitrogens with zero attached hydrogens (tertiary/aromatic N) is 3. The zero-order valence-corrected chi connectivity index (χ0v) is 19.9. The van der Waals surface area contributed by atoms with E-state index in [1.165, 1.54) is 55.6 Å². The second-order valence-electron chi connectivity index (χ2n) is 8.01. The normalized spacial score (nSPS) is 15.2. The molecule has 0 aromatic heterocycles. The van der Waals surface area contributed by atoms with Gasteiger partial charge in [0.2, 0.25) is 5.91 Å². The average Bonchev–Trinajstić information content (AvgIpc) is 2.82. The summed E-state index contributed by atoms with van der Waals surface area (Å²) in [6.45, 7) is 4.98. The molecule has 0 radical (unpaired) electrons. The maximum absolute atomic E-state index is 13.4. The van der Waals surface area contributed by atoms with E-state index in [9.17, 15) is 17.6 Å². The Morgan fingerprint density at radius 1 is 1.06 bits per heavy atom. The molecule has 1 saturated heterocycles. The van der Waals surface area contributed by atoms with Crippen molar-refractivity contribution in [1.29, 1.82) is 0 Å². The number of carbonyl (C=O) groups is 1. The first kappa shape index (κ1) is 24.9. The highest BCUT2D eigenvalue weighted by molar-refractivity contribution is 7.92. The Morgan fingerprint density at radius 2 is 1.70 bits per heavy atom. The molecule has 0 atom stereocenters. The number of ether oxygens (including phenoxy) is 1. The van der Waals surface area contributed by atoms with Gasteiger partial charge in [-0.25, -0.2) is 12.8 Å². The fraction of sp³-hybridized carbons (Fsp3) is 0.435. The number of methoxy groups -OCH3 is 1. The Bertz CT molecular complexity index is 1010. The van der Waals surface area contributed by atoms with Crippen LogP contribution in [-0.4, -0.2) is 84.1 Å². The van der Waals surface area contributed by atoms with Gasteiger partial charge in [0, 0.05) is 32.7 Å². The maximum atomic E-state index is 13.4. The van der Waals surface area contributed by atoms with Gasteiger partial charge in [0.15, 0.2) is 0 Å². The van der Waals surface area contributed by atoms with E-state index >= 15 is 0 Å². The number of hydrogen-bond donors (Lipinski definition) is 1. The molecule has 1 aliphatic rings. The molecule has 1 fully saturated rings. The third-order valence-electron chi connectivity index (χ3n) is 5.62. The molecule has 1 amide bonds. The van der Waals surface area contributed by atoms with E-state index in [1.54, 1.807) is 0 Å². The Labute approximate surface area is 195 Å². The Morgan fingerprint density at radius 3 is 2.30 bits per heavy atom. The van der Waals surface area contributed by atoms with Crippen LogP contribution in [0.3, 0.4) is 0 Å². The van der Waals surface area contributed by atoms with Crippen LogP contribution < -0.4 is 14.4 Å². The number of halogens is 1. The topological polar surface area (TPSA) is 82.2 Å². The molecular weight excluding hydrogens is 447 g/mol. The lowest BCUT2D eigenvalue weighted by atomic mass is 10.3. The van der Waals surface area contributed by atoms with Crippen molar-refractivity contribution in [3.8, 4) is 5.75 Å². The molecule has 2 aromatic rings. The van der Waals surface area contributed by atoms with Crippen molar-refractivity contribution in [3.05, 3.63) is 54.3 Å². The molecule has 0 unspecified atom stereocenters. The van der Waals surface area contributed by atoms with Crippen molar-refractivity contribution in [2.75, 3.05) is 64.3 Å². The summed E-state index contributed by atoms with van der Waals surface area (Å²) < 4.78 is 46.1. The van der Waals surface area contributed by atoms with Crippen molar-refractivity contribution < 1.29 is 22.3 Å². The van der Waals surface area contributed by atoms with Crippen molar-refractivity contribution >= 4 is 21.6 Å². The summed E-state index contributed by atoms with van der Waals surface area (Å²) in [5.41, 5.74) is 0.208. The summed E-state index contributed by atoms with van der Waals surface area (Å²) in [4.78, 5) is 17.3. The number of sulfonamides is 1. The lowest BCUT2D eigenvalue weighted by Crippen LogP contribution is -2.45. The molecule has 3 rings (SSSR count). The zero-order chi connectivity index (χ0) is 23.8. The number of piperazine rings is 1. The van der Waals surface area contributed by atoms with Crippen molar-refractivity contribution in [1.82, 2.24) is 15.1 Å². The van der Waals surface area contributed by atoms with Gasteiger partial charge in [-0.15, -0.1) is 0 Å². The molecule has 33 heavy (non-hydrogen) atoms. The van der Waals surface area contributed by atoms with Gasteiger partial charge < -0.3 is 19.9 Å². The first-order valence-corrected chi connectivity index (χ1v) is 12.3.